The maximum Gasteiger partial charge on any atom is 0.129 e. The van der Waals surface area contributed by atoms with Crippen LogP contribution in [0.4, 0.5) is 5.69 Å². The highest BCUT2D eigenvalue weighted by atomic mass is 16.1. The van der Waals surface area contributed by atoms with Crippen LogP contribution in [-0.4, -0.2) is 62.4 Å². The largest absolute Gasteiger partial charge is 0.369 e. The number of benzene rings is 1. The summed E-state index contributed by atoms with van der Waals surface area (Å²) in [6.45, 7) is 8.41. The molecule has 1 aliphatic heterocycles. The highest BCUT2D eigenvalue weighted by Crippen LogP contribution is 2.18. The monoisotopic (exact) mass is 359 g/mol. The molecule has 4 heteroatoms. The van der Waals surface area contributed by atoms with Crippen LogP contribution >= 0.6 is 0 Å². The third-order valence-corrected chi connectivity index (χ3v) is 5.33. The van der Waals surface area contributed by atoms with Gasteiger partial charge in [-0.25, -0.2) is 0 Å². The van der Waals surface area contributed by atoms with Crippen LogP contribution in [0, 0.1) is 0 Å². The molecular formula is C22H37N3O. The lowest BCUT2D eigenvalue weighted by Crippen LogP contribution is -2.44. The minimum atomic E-state index is 0.323. The summed E-state index contributed by atoms with van der Waals surface area (Å²) in [5.74, 6) is 0.323. The van der Waals surface area contributed by atoms with Gasteiger partial charge in [-0.2, -0.15) is 0 Å². The van der Waals surface area contributed by atoms with E-state index in [9.17, 15) is 4.79 Å². The molecule has 1 heterocycles. The molecular weight excluding hydrogens is 322 g/mol. The number of Topliss-reactive ketones (excluding diaryl/α,β-unsaturated/α-hetero) is 1. The predicted molar refractivity (Wildman–Crippen MR) is 111 cm³/mol. The number of nitrogens with zero attached hydrogens (tertiary/aromatic N) is 3. The van der Waals surface area contributed by atoms with Crippen LogP contribution in [0.2, 0.25) is 0 Å². The average Bonchev–Trinajstić information content (AvgIpc) is 2.62. The summed E-state index contributed by atoms with van der Waals surface area (Å²) in [5, 5.41) is 0. The van der Waals surface area contributed by atoms with E-state index in [0.717, 1.165) is 52.1 Å². The number of hydrogen-bond acceptors (Lipinski definition) is 4. The Bertz CT molecular complexity index is 521. The fourth-order valence-electron chi connectivity index (χ4n) is 3.55. The van der Waals surface area contributed by atoms with E-state index in [1.807, 2.05) is 0 Å². The summed E-state index contributed by atoms with van der Waals surface area (Å²) in [7, 11) is 4.41. The lowest BCUT2D eigenvalue weighted by molar-refractivity contribution is -0.117. The van der Waals surface area contributed by atoms with E-state index in [2.05, 4.69) is 53.1 Å². The van der Waals surface area contributed by atoms with Gasteiger partial charge in [-0.05, 0) is 58.1 Å². The van der Waals surface area contributed by atoms with E-state index in [0.29, 0.717) is 5.78 Å². The van der Waals surface area contributed by atoms with Crippen LogP contribution in [0.25, 0.3) is 0 Å². The van der Waals surface area contributed by atoms with Crippen LogP contribution in [-0.2, 0) is 11.3 Å². The molecule has 1 aliphatic rings. The molecule has 146 valence electrons. The number of rotatable bonds is 11. The third kappa shape index (κ3) is 7.88. The van der Waals surface area contributed by atoms with Crippen molar-refractivity contribution in [2.75, 3.05) is 51.7 Å². The van der Waals surface area contributed by atoms with E-state index in [1.165, 1.54) is 36.9 Å². The normalized spacial score (nSPS) is 15.6. The molecule has 1 saturated heterocycles. The fraction of sp³-hybridized carbons (Fsp3) is 0.682. The number of ketones is 1. The van der Waals surface area contributed by atoms with Crippen molar-refractivity contribution in [2.24, 2.45) is 0 Å². The minimum absolute atomic E-state index is 0.323. The lowest BCUT2D eigenvalue weighted by atomic mass is 10.1. The van der Waals surface area contributed by atoms with Gasteiger partial charge >= 0.3 is 0 Å². The van der Waals surface area contributed by atoms with Crippen LogP contribution in [0.3, 0.4) is 0 Å². The Hall–Kier alpha value is -1.39. The second-order valence-corrected chi connectivity index (χ2v) is 7.91. The molecule has 0 bridgehead atoms. The summed E-state index contributed by atoms with van der Waals surface area (Å²) < 4.78 is 0. The van der Waals surface area contributed by atoms with E-state index in [-0.39, 0.29) is 0 Å². The topological polar surface area (TPSA) is 26.8 Å². The van der Waals surface area contributed by atoms with Gasteiger partial charge in [0.05, 0.1) is 0 Å². The SMILES string of the molecule is CC(=O)CCCCCCCN(C)Cc1ccc(N2CCN(C)CC2)cc1. The maximum atomic E-state index is 10.9. The van der Waals surface area contributed by atoms with Gasteiger partial charge in [0.2, 0.25) is 0 Å². The molecule has 0 spiro atoms. The number of piperazine rings is 1. The molecule has 0 atom stereocenters. The van der Waals surface area contributed by atoms with E-state index < -0.39 is 0 Å². The number of anilines is 1. The van der Waals surface area contributed by atoms with Gasteiger partial charge in [-0.1, -0.05) is 31.4 Å². The number of hydrogen-bond donors (Lipinski definition) is 0. The fourth-order valence-corrected chi connectivity index (χ4v) is 3.55. The Balaban J connectivity index is 1.61. The summed E-state index contributed by atoms with van der Waals surface area (Å²) in [6, 6.07) is 9.13. The molecule has 0 amide bonds. The first kappa shape index (κ1) is 20.9. The molecule has 0 N–H and O–H groups in total. The van der Waals surface area contributed by atoms with Crippen LogP contribution in [0.5, 0.6) is 0 Å². The molecule has 2 rings (SSSR count). The number of likely N-dealkylation sites (N-methyl/N-ethyl adjacent to an activating group) is 1. The smallest absolute Gasteiger partial charge is 0.129 e. The van der Waals surface area contributed by atoms with Crippen LogP contribution in [0.15, 0.2) is 24.3 Å². The first-order chi connectivity index (χ1) is 12.5. The van der Waals surface area contributed by atoms with E-state index in [4.69, 9.17) is 0 Å². The quantitative estimate of drug-likeness (QED) is 0.562. The molecule has 0 aliphatic carbocycles. The molecule has 0 aromatic heterocycles. The number of carbonyl (C=O) groups is 1. The van der Waals surface area contributed by atoms with Gasteiger partial charge in [-0.3, -0.25) is 0 Å². The van der Waals surface area contributed by atoms with E-state index >= 15 is 0 Å². The summed E-state index contributed by atoms with van der Waals surface area (Å²) in [5.41, 5.74) is 2.75. The molecule has 26 heavy (non-hydrogen) atoms. The van der Waals surface area contributed by atoms with Gasteiger partial charge in [0.15, 0.2) is 0 Å². The third-order valence-electron chi connectivity index (χ3n) is 5.33. The average molecular weight is 360 g/mol. The van der Waals surface area contributed by atoms with Crippen molar-refractivity contribution in [3.05, 3.63) is 29.8 Å². The molecule has 0 unspecified atom stereocenters. The molecule has 4 nitrogen and oxygen atoms in total. The van der Waals surface area contributed by atoms with Crippen molar-refractivity contribution in [3.8, 4) is 0 Å². The number of carbonyl (C=O) groups excluding carboxylic acids is 1. The van der Waals surface area contributed by atoms with Gasteiger partial charge in [0.1, 0.15) is 5.78 Å². The van der Waals surface area contributed by atoms with Gasteiger partial charge in [0.25, 0.3) is 0 Å². The predicted octanol–water partition coefficient (Wildman–Crippen LogP) is 3.80. The molecule has 0 saturated carbocycles. The molecule has 1 aromatic carbocycles. The Morgan fingerprint density at radius 1 is 0.962 bits per heavy atom. The van der Waals surface area contributed by atoms with Crippen molar-refractivity contribution in [1.82, 2.24) is 9.80 Å². The lowest BCUT2D eigenvalue weighted by Gasteiger charge is -2.34. The summed E-state index contributed by atoms with van der Waals surface area (Å²) >= 11 is 0. The zero-order chi connectivity index (χ0) is 18.8. The van der Waals surface area contributed by atoms with Crippen molar-refractivity contribution in [1.29, 1.82) is 0 Å². The van der Waals surface area contributed by atoms with Crippen molar-refractivity contribution >= 4 is 11.5 Å². The van der Waals surface area contributed by atoms with Crippen LogP contribution in [0.1, 0.15) is 51.0 Å². The Morgan fingerprint density at radius 3 is 2.23 bits per heavy atom. The highest BCUT2D eigenvalue weighted by molar-refractivity contribution is 5.75. The first-order valence-corrected chi connectivity index (χ1v) is 10.2. The zero-order valence-corrected chi connectivity index (χ0v) is 17.0. The second kappa shape index (κ2) is 11.3. The second-order valence-electron chi connectivity index (χ2n) is 7.91. The van der Waals surface area contributed by atoms with Gasteiger partial charge in [0, 0.05) is 44.8 Å². The number of unbranched alkanes of at least 4 members (excludes halogenated alkanes) is 4. The maximum absolute atomic E-state index is 10.9. The van der Waals surface area contributed by atoms with Crippen molar-refractivity contribution < 1.29 is 4.79 Å². The summed E-state index contributed by atoms with van der Waals surface area (Å²) in [4.78, 5) is 18.2. The standard InChI is InChI=1S/C22H37N3O/c1-20(26)9-7-5-4-6-8-14-24(3)19-21-10-12-22(13-11-21)25-17-15-23(2)16-18-25/h10-13H,4-9,14-19H2,1-3H3. The Morgan fingerprint density at radius 2 is 1.58 bits per heavy atom. The molecule has 0 radical (unpaired) electrons. The first-order valence-electron chi connectivity index (χ1n) is 10.2. The van der Waals surface area contributed by atoms with Crippen LogP contribution < -0.4 is 4.90 Å². The Labute approximate surface area is 160 Å². The van der Waals surface area contributed by atoms with Crippen molar-refractivity contribution in [2.45, 2.75) is 52.0 Å². The van der Waals surface area contributed by atoms with Gasteiger partial charge < -0.3 is 19.5 Å². The minimum Gasteiger partial charge on any atom is -0.369 e. The van der Waals surface area contributed by atoms with Crippen molar-refractivity contribution in [3.63, 3.8) is 0 Å². The summed E-state index contributed by atoms with van der Waals surface area (Å²) in [6.07, 6.45) is 6.77. The molecule has 1 fully saturated rings. The van der Waals surface area contributed by atoms with Gasteiger partial charge in [-0.15, -0.1) is 0 Å². The Kier molecular flexibility index (Phi) is 9.13. The van der Waals surface area contributed by atoms with E-state index in [1.54, 1.807) is 6.92 Å². The zero-order valence-electron chi connectivity index (χ0n) is 17.0. The highest BCUT2D eigenvalue weighted by Gasteiger charge is 2.14. The molecule has 1 aromatic rings.